The molecule has 0 bridgehead atoms. The van der Waals surface area contributed by atoms with E-state index in [0.29, 0.717) is 59.8 Å². The average Bonchev–Trinajstić information content (AvgIpc) is 3.76. The third-order valence-electron chi connectivity index (χ3n) is 7.95. The van der Waals surface area contributed by atoms with Gasteiger partial charge in [-0.2, -0.15) is 4.98 Å². The van der Waals surface area contributed by atoms with Gasteiger partial charge in [-0.1, -0.05) is 12.8 Å². The minimum atomic E-state index is -0.0599. The van der Waals surface area contributed by atoms with E-state index in [1.54, 1.807) is 43.7 Å². The summed E-state index contributed by atoms with van der Waals surface area (Å²) >= 11 is 1.37. The molecule has 0 atom stereocenters. The Hall–Kier alpha value is -4.29. The maximum Gasteiger partial charge on any atom is 0.270 e. The van der Waals surface area contributed by atoms with Gasteiger partial charge in [0.05, 0.1) is 25.1 Å². The molecule has 0 unspecified atom stereocenters. The molecule has 5 aromatic rings. The Morgan fingerprint density at radius 3 is 2.69 bits per heavy atom. The van der Waals surface area contributed by atoms with Crippen LogP contribution in [0.2, 0.25) is 0 Å². The Bertz CT molecular complexity index is 1850. The van der Waals surface area contributed by atoms with Gasteiger partial charge in [0.15, 0.2) is 11.5 Å². The molecule has 1 N–H and O–H groups in total. The molecule has 11 nitrogen and oxygen atoms in total. The van der Waals surface area contributed by atoms with Crippen molar-refractivity contribution in [3.63, 3.8) is 0 Å². The van der Waals surface area contributed by atoms with E-state index in [-0.39, 0.29) is 17.4 Å². The molecular weight excluding hydrogens is 554 g/mol. The lowest BCUT2D eigenvalue weighted by molar-refractivity contribution is 0.0815. The van der Waals surface area contributed by atoms with Crippen molar-refractivity contribution in [1.29, 1.82) is 0 Å². The number of hydrogen-bond donors (Lipinski definition) is 1. The lowest BCUT2D eigenvalue weighted by atomic mass is 10.1. The van der Waals surface area contributed by atoms with Crippen molar-refractivity contribution >= 4 is 56.1 Å². The molecule has 1 aliphatic carbocycles. The number of hydrogen-bond acceptors (Lipinski definition) is 10. The van der Waals surface area contributed by atoms with Gasteiger partial charge >= 0.3 is 0 Å². The third-order valence-corrected chi connectivity index (χ3v) is 8.93. The average molecular weight is 586 g/mol. The first-order chi connectivity index (χ1) is 20.5. The molecule has 6 heterocycles. The van der Waals surface area contributed by atoms with E-state index in [4.69, 9.17) is 14.1 Å². The van der Waals surface area contributed by atoms with Gasteiger partial charge in [-0.15, -0.1) is 11.3 Å². The van der Waals surface area contributed by atoms with E-state index >= 15 is 0 Å². The van der Waals surface area contributed by atoms with Gasteiger partial charge in [0.1, 0.15) is 16.0 Å². The van der Waals surface area contributed by atoms with Crippen molar-refractivity contribution in [2.75, 3.05) is 50.6 Å². The number of morpholine rings is 1. The highest BCUT2D eigenvalue weighted by Crippen LogP contribution is 2.37. The Kier molecular flexibility index (Phi) is 6.87. The first-order valence-electron chi connectivity index (χ1n) is 14.2. The highest BCUT2D eigenvalue weighted by Gasteiger charge is 2.26. The summed E-state index contributed by atoms with van der Waals surface area (Å²) in [5.74, 6) is 0.925. The molecule has 1 amide bonds. The highest BCUT2D eigenvalue weighted by atomic mass is 32.1. The van der Waals surface area contributed by atoms with Crippen molar-refractivity contribution in [1.82, 2.24) is 24.4 Å². The minimum absolute atomic E-state index is 0.0438. The van der Waals surface area contributed by atoms with Gasteiger partial charge in [-0.3, -0.25) is 14.6 Å². The van der Waals surface area contributed by atoms with E-state index in [2.05, 4.69) is 19.9 Å². The van der Waals surface area contributed by atoms with Crippen molar-refractivity contribution in [2.24, 2.45) is 0 Å². The minimum Gasteiger partial charge on any atom is -0.439 e. The van der Waals surface area contributed by atoms with Gasteiger partial charge < -0.3 is 28.8 Å². The second-order valence-corrected chi connectivity index (χ2v) is 11.8. The number of carbonyl (C=O) groups is 1. The van der Waals surface area contributed by atoms with E-state index < -0.39 is 0 Å². The summed E-state index contributed by atoms with van der Waals surface area (Å²) in [4.78, 5) is 43.5. The summed E-state index contributed by atoms with van der Waals surface area (Å²) in [5.41, 5.74) is 4.18. The number of aromatic nitrogens is 4. The lowest BCUT2D eigenvalue weighted by Crippen LogP contribution is -2.36. The molecule has 5 aromatic heterocycles. The second-order valence-electron chi connectivity index (χ2n) is 11.0. The van der Waals surface area contributed by atoms with Gasteiger partial charge in [-0.05, 0) is 25.0 Å². The first-order valence-corrected chi connectivity index (χ1v) is 15.0. The van der Waals surface area contributed by atoms with Crippen LogP contribution in [0.1, 0.15) is 42.2 Å². The van der Waals surface area contributed by atoms with Gasteiger partial charge in [-0.25, -0.2) is 4.98 Å². The standard InChI is InChI=1S/C30H31N7O4S/c1-35(2)29(39)23-12-19-15-32-30(34-28(19)37(23)21-5-3-4-6-21)33-20-11-18(14-31-16-20)22-17-42-27-24(38)13-25(41-26(22)27)36-7-9-40-10-8-36/h11-17,21H,3-10H2,1-2H3,(H,32,33,34). The number of pyridine rings is 1. The van der Waals surface area contributed by atoms with Gasteiger partial charge in [0.25, 0.3) is 5.91 Å². The van der Waals surface area contributed by atoms with E-state index in [0.717, 1.165) is 47.8 Å². The molecule has 1 aliphatic heterocycles. The number of nitrogens with zero attached hydrogens (tertiary/aromatic N) is 6. The largest absolute Gasteiger partial charge is 0.439 e. The number of thiophene rings is 1. The fourth-order valence-electron chi connectivity index (χ4n) is 5.85. The van der Waals surface area contributed by atoms with Crippen LogP contribution < -0.4 is 15.6 Å². The zero-order chi connectivity index (χ0) is 28.8. The Balaban J connectivity index is 1.23. The van der Waals surface area contributed by atoms with Crippen LogP contribution >= 0.6 is 11.3 Å². The maximum atomic E-state index is 13.0. The van der Waals surface area contributed by atoms with Crippen molar-refractivity contribution < 1.29 is 13.9 Å². The summed E-state index contributed by atoms with van der Waals surface area (Å²) in [5, 5.41) is 6.06. The van der Waals surface area contributed by atoms with Crippen LogP contribution in [0.3, 0.4) is 0 Å². The zero-order valence-corrected chi connectivity index (χ0v) is 24.3. The molecule has 7 rings (SSSR count). The third kappa shape index (κ3) is 4.80. The number of rotatable bonds is 6. The molecular formula is C30H31N7O4S. The zero-order valence-electron chi connectivity index (χ0n) is 23.5. The summed E-state index contributed by atoms with van der Waals surface area (Å²) in [6.45, 7) is 2.55. The molecule has 12 heteroatoms. The molecule has 42 heavy (non-hydrogen) atoms. The Morgan fingerprint density at radius 1 is 1.10 bits per heavy atom. The summed E-state index contributed by atoms with van der Waals surface area (Å²) < 4.78 is 14.4. The molecule has 0 spiro atoms. The van der Waals surface area contributed by atoms with Crippen LogP contribution in [-0.2, 0) is 4.74 Å². The number of amides is 1. The number of fused-ring (bicyclic) bond motifs is 2. The molecule has 0 aromatic carbocycles. The predicted octanol–water partition coefficient (Wildman–Crippen LogP) is 5.06. The normalized spacial score (nSPS) is 16.0. The number of carbonyl (C=O) groups excluding carboxylic acids is 1. The van der Waals surface area contributed by atoms with Crippen LogP contribution in [-0.4, -0.2) is 70.7 Å². The molecule has 1 saturated heterocycles. The van der Waals surface area contributed by atoms with Crippen LogP contribution in [0.25, 0.3) is 32.4 Å². The monoisotopic (exact) mass is 585 g/mol. The molecule has 0 radical (unpaired) electrons. The number of ether oxygens (including phenoxy) is 1. The predicted molar refractivity (Wildman–Crippen MR) is 163 cm³/mol. The second kappa shape index (κ2) is 10.8. The summed E-state index contributed by atoms with van der Waals surface area (Å²) in [6, 6.07) is 5.64. The van der Waals surface area contributed by atoms with E-state index in [1.165, 1.54) is 11.3 Å². The van der Waals surface area contributed by atoms with E-state index in [1.807, 2.05) is 22.4 Å². The Labute approximate surface area is 245 Å². The Morgan fingerprint density at radius 2 is 1.90 bits per heavy atom. The quantitative estimate of drug-likeness (QED) is 0.292. The fraction of sp³-hybridized carbons (Fsp3) is 0.367. The summed E-state index contributed by atoms with van der Waals surface area (Å²) in [6.07, 6.45) is 9.54. The van der Waals surface area contributed by atoms with Gasteiger partial charge in [0, 0.05) is 73.6 Å². The topological polar surface area (TPSA) is 119 Å². The molecule has 2 fully saturated rings. The van der Waals surface area contributed by atoms with Gasteiger partial charge in [0.2, 0.25) is 11.4 Å². The molecule has 2 aliphatic rings. The van der Waals surface area contributed by atoms with Crippen LogP contribution in [0.4, 0.5) is 17.5 Å². The SMILES string of the molecule is CN(C)C(=O)c1cc2cnc(Nc3cncc(-c4csc5c(=O)cc(N6CCOCC6)oc45)c3)nc2n1C1CCCC1. The van der Waals surface area contributed by atoms with Crippen LogP contribution in [0.5, 0.6) is 0 Å². The smallest absolute Gasteiger partial charge is 0.270 e. The van der Waals surface area contributed by atoms with Crippen LogP contribution in [0, 0.1) is 0 Å². The van der Waals surface area contributed by atoms with Crippen molar-refractivity contribution in [3.8, 4) is 11.1 Å². The maximum absolute atomic E-state index is 13.0. The number of anilines is 3. The van der Waals surface area contributed by atoms with Crippen molar-refractivity contribution in [2.45, 2.75) is 31.7 Å². The summed E-state index contributed by atoms with van der Waals surface area (Å²) in [7, 11) is 3.53. The van der Waals surface area contributed by atoms with Crippen LogP contribution in [0.15, 0.2) is 51.4 Å². The van der Waals surface area contributed by atoms with E-state index in [9.17, 15) is 9.59 Å². The highest BCUT2D eigenvalue weighted by molar-refractivity contribution is 7.17. The fourth-order valence-corrected chi connectivity index (χ4v) is 6.76. The molecule has 1 saturated carbocycles. The molecule has 216 valence electrons. The number of nitrogens with one attached hydrogen (secondary N) is 1. The lowest BCUT2D eigenvalue weighted by Gasteiger charge is -2.27. The first kappa shape index (κ1) is 26.6. The van der Waals surface area contributed by atoms with Crippen molar-refractivity contribution in [3.05, 3.63) is 58.1 Å².